The molecule has 0 aromatic heterocycles. The van der Waals surface area contributed by atoms with Gasteiger partial charge >= 0.3 is 5.97 Å². The average molecular weight is 1480 g/mol. The van der Waals surface area contributed by atoms with Crippen molar-refractivity contribution in [2.75, 3.05) is 32.8 Å². The zero-order valence-corrected chi connectivity index (χ0v) is 61.0. The van der Waals surface area contributed by atoms with Gasteiger partial charge in [-0.2, -0.15) is 0 Å². The zero-order chi connectivity index (χ0) is 78.2. The van der Waals surface area contributed by atoms with Crippen LogP contribution in [0.25, 0.3) is 11.1 Å². The summed E-state index contributed by atoms with van der Waals surface area (Å²) in [6.45, 7) is 7.45. The number of aliphatic imine (C=N–C) groups is 1. The number of amides is 12. The maximum Gasteiger partial charge on any atom is 0.305 e. The molecule has 0 aliphatic carbocycles. The average Bonchev–Trinajstić information content (AvgIpc) is 1.75. The summed E-state index contributed by atoms with van der Waals surface area (Å²) in [6.07, 6.45) is 0.783. The van der Waals surface area contributed by atoms with E-state index in [1.165, 1.54) is 33.8 Å². The van der Waals surface area contributed by atoms with E-state index in [2.05, 4.69) is 47.5 Å². The standard InChI is InChI=1S/C75H102N16O16/c1-42(2)36-53(83-65(98)51(76)37-46-26-30-50(93)31-27-46)66(99)81-44(5)64(97)86-56(39-47-24-28-49(29-25-47)48-18-10-7-11-19-48)73(106)90-34-14-22-59(90)70(103)85-55(40-61(94)95)68(101)87-57(41-92)69(102)88-62(43(3)4)74(107)91-35-15-23-60(91)71(104)84-54(38-45-16-8-6-9-17-45)67(100)82-52(20-12-32-80-75(78)79)72(105)89-33-13-21-58(89)63(77)96/h6-11,16-19,24-31,42-44,51-60,62,92-93H,12-15,20-23,32-41,76H2,1-5H3,(H2,77,96)(H,81,99)(H,82,100)(H,83,98)(H,84,104)(H,85,103)(H,86,97)(H,87,101)(H,88,102)(H,94,95)(H4,78,79,80)/t44-,51-,52-,53-,54-,55-,56-,57-,58-,59-,60-,62-/m0/s1. The Morgan fingerprint density at radius 3 is 1.50 bits per heavy atom. The van der Waals surface area contributed by atoms with Crippen molar-refractivity contribution in [1.29, 1.82) is 0 Å². The molecular weight excluding hydrogens is 1380 g/mol. The number of aliphatic hydroxyl groups is 1. The number of aliphatic hydroxyl groups excluding tert-OH is 1. The first kappa shape index (κ1) is 83.3. The predicted octanol–water partition coefficient (Wildman–Crippen LogP) is -1.01. The molecule has 3 aliphatic rings. The Kier molecular flexibility index (Phi) is 31.1. The van der Waals surface area contributed by atoms with Gasteiger partial charge < -0.3 is 95.5 Å². The number of primary amides is 1. The van der Waals surface area contributed by atoms with Gasteiger partial charge in [-0.05, 0) is 123 Å². The van der Waals surface area contributed by atoms with Crippen molar-refractivity contribution in [2.45, 2.75) is 191 Å². The van der Waals surface area contributed by atoms with Gasteiger partial charge in [0.1, 0.15) is 72.2 Å². The molecule has 107 heavy (non-hydrogen) atoms. The topological polar surface area (TPSA) is 505 Å². The first-order valence-electron chi connectivity index (χ1n) is 36.2. The molecule has 32 heteroatoms. The van der Waals surface area contributed by atoms with Gasteiger partial charge in [0.25, 0.3) is 0 Å². The Morgan fingerprint density at radius 2 is 0.944 bits per heavy atom. The number of likely N-dealkylation sites (tertiary alicyclic amines) is 3. The molecule has 0 radical (unpaired) electrons. The molecule has 3 saturated heterocycles. The molecule has 32 nitrogen and oxygen atoms in total. The van der Waals surface area contributed by atoms with Crippen LogP contribution in [0.15, 0.2) is 114 Å². The number of phenolic OH excluding ortho intramolecular Hbond substituents is 1. The number of rotatable bonds is 37. The Bertz CT molecular complexity index is 3810. The van der Waals surface area contributed by atoms with E-state index >= 15 is 0 Å². The second kappa shape index (κ2) is 39.9. The lowest BCUT2D eigenvalue weighted by Gasteiger charge is -2.32. The van der Waals surface area contributed by atoms with Crippen molar-refractivity contribution in [2.24, 2.45) is 39.8 Å². The minimum Gasteiger partial charge on any atom is -0.508 e. The van der Waals surface area contributed by atoms with Crippen molar-refractivity contribution in [3.05, 3.63) is 126 Å². The largest absolute Gasteiger partial charge is 0.508 e. The summed E-state index contributed by atoms with van der Waals surface area (Å²) in [6, 6.07) is 15.4. The van der Waals surface area contributed by atoms with Gasteiger partial charge in [0.2, 0.25) is 70.9 Å². The number of benzene rings is 4. The molecular formula is C75H102N16O16. The van der Waals surface area contributed by atoms with Crippen LogP contribution in [0.3, 0.4) is 0 Å². The summed E-state index contributed by atoms with van der Waals surface area (Å²) in [7, 11) is 0. The monoisotopic (exact) mass is 1480 g/mol. The molecule has 4 aromatic carbocycles. The minimum absolute atomic E-state index is 0.0151. The highest BCUT2D eigenvalue weighted by atomic mass is 16.4. The van der Waals surface area contributed by atoms with Gasteiger partial charge in [0, 0.05) is 39.0 Å². The van der Waals surface area contributed by atoms with Gasteiger partial charge in [-0.15, -0.1) is 0 Å². The molecule has 0 spiro atoms. The van der Waals surface area contributed by atoms with E-state index in [1.54, 1.807) is 68.4 Å². The Hall–Kier alpha value is -11.0. The van der Waals surface area contributed by atoms with E-state index in [-0.39, 0.29) is 102 Å². The molecule has 0 saturated carbocycles. The number of hydrogen-bond donors (Lipinski definition) is 15. The Balaban J connectivity index is 1.02. The summed E-state index contributed by atoms with van der Waals surface area (Å²) in [5.41, 5.74) is 26.6. The van der Waals surface area contributed by atoms with Crippen LogP contribution in [0.5, 0.6) is 5.75 Å². The number of aliphatic carboxylic acids is 1. The number of carbonyl (C=O) groups excluding carboxylic acids is 12. The van der Waals surface area contributed by atoms with E-state index in [4.69, 9.17) is 22.9 Å². The zero-order valence-electron chi connectivity index (χ0n) is 61.0. The van der Waals surface area contributed by atoms with Gasteiger partial charge in [0.05, 0.1) is 19.1 Å². The van der Waals surface area contributed by atoms with Crippen molar-refractivity contribution < 1.29 is 77.6 Å². The predicted molar refractivity (Wildman–Crippen MR) is 394 cm³/mol. The van der Waals surface area contributed by atoms with Crippen molar-refractivity contribution in [3.63, 3.8) is 0 Å². The normalized spacial score (nSPS) is 18.0. The number of carboxylic acid groups (broad SMARTS) is 1. The van der Waals surface area contributed by atoms with Crippen LogP contribution in [0.4, 0.5) is 0 Å². The number of nitrogens with zero attached hydrogens (tertiary/aromatic N) is 4. The van der Waals surface area contributed by atoms with Crippen molar-refractivity contribution >= 4 is 82.8 Å². The number of carboxylic acids is 1. The molecule has 12 atom stereocenters. The lowest BCUT2D eigenvalue weighted by Crippen LogP contribution is -2.62. The van der Waals surface area contributed by atoms with Gasteiger partial charge in [-0.1, -0.05) is 125 Å². The van der Waals surface area contributed by atoms with E-state index < -0.39 is 168 Å². The number of aromatic hydroxyl groups is 1. The quantitative estimate of drug-likeness (QED) is 0.0146. The molecule has 12 amide bonds. The number of nitrogens with two attached hydrogens (primary N) is 4. The molecule has 4 aromatic rings. The number of nitrogens with one attached hydrogen (secondary N) is 8. The molecule has 3 aliphatic heterocycles. The second-order valence-electron chi connectivity index (χ2n) is 28.1. The summed E-state index contributed by atoms with van der Waals surface area (Å²) in [4.78, 5) is 190. The summed E-state index contributed by atoms with van der Waals surface area (Å²) in [5, 5.41) is 51.3. The molecule has 3 heterocycles. The van der Waals surface area contributed by atoms with Crippen LogP contribution in [0.2, 0.25) is 0 Å². The molecule has 3 fully saturated rings. The maximum atomic E-state index is 15.0. The van der Waals surface area contributed by atoms with E-state index in [1.807, 2.05) is 56.3 Å². The van der Waals surface area contributed by atoms with E-state index in [9.17, 15) is 77.6 Å². The second-order valence-corrected chi connectivity index (χ2v) is 28.1. The SMILES string of the molecule is CC(C)C[C@H](NC(=O)[C@@H](N)Cc1ccc(O)cc1)C(=O)N[C@@H](C)C(=O)N[C@@H](Cc1ccc(-c2ccccc2)cc1)C(=O)N1CCC[C@H]1C(=O)N[C@@H](CC(=O)O)C(=O)N[C@@H](CO)C(=O)N[C@H](C(=O)N1CCC[C@H]1C(=O)N[C@@H](Cc1ccccc1)C(=O)N[C@@H](CCCN=C(N)N)C(=O)N1CCC[C@H]1C(N)=O)C(C)C. The van der Waals surface area contributed by atoms with Crippen LogP contribution in [-0.2, 0) is 81.6 Å². The van der Waals surface area contributed by atoms with Crippen molar-refractivity contribution in [3.8, 4) is 16.9 Å². The maximum absolute atomic E-state index is 15.0. The fourth-order valence-electron chi connectivity index (χ4n) is 13.3. The Labute approximate surface area is 621 Å². The third-order valence-electron chi connectivity index (χ3n) is 19.0. The fraction of sp³-hybridized carbons (Fsp3) is 0.493. The third kappa shape index (κ3) is 24.3. The number of phenols is 1. The van der Waals surface area contributed by atoms with Gasteiger partial charge in [-0.3, -0.25) is 67.3 Å². The Morgan fingerprint density at radius 1 is 0.486 bits per heavy atom. The number of carbonyl (C=O) groups is 13. The molecule has 7 rings (SSSR count). The minimum atomic E-state index is -1.93. The summed E-state index contributed by atoms with van der Waals surface area (Å²) < 4.78 is 0. The highest BCUT2D eigenvalue weighted by Gasteiger charge is 2.44. The van der Waals surface area contributed by atoms with Crippen LogP contribution in [0, 0.1) is 11.8 Å². The lowest BCUT2D eigenvalue weighted by atomic mass is 9.99. The third-order valence-corrected chi connectivity index (χ3v) is 19.0. The van der Waals surface area contributed by atoms with Crippen LogP contribution >= 0.6 is 0 Å². The van der Waals surface area contributed by atoms with E-state index in [0.29, 0.717) is 36.0 Å². The van der Waals surface area contributed by atoms with Crippen LogP contribution in [-0.4, -0.2) is 218 Å². The highest BCUT2D eigenvalue weighted by Crippen LogP contribution is 2.26. The molecule has 0 bridgehead atoms. The molecule has 578 valence electrons. The molecule has 19 N–H and O–H groups in total. The van der Waals surface area contributed by atoms with Gasteiger partial charge in [-0.25, -0.2) is 0 Å². The summed E-state index contributed by atoms with van der Waals surface area (Å²) in [5.74, 6) is -12.3. The lowest BCUT2D eigenvalue weighted by molar-refractivity contribution is -0.145. The smallest absolute Gasteiger partial charge is 0.305 e. The van der Waals surface area contributed by atoms with Crippen LogP contribution < -0.4 is 65.5 Å². The van der Waals surface area contributed by atoms with Gasteiger partial charge in [0.15, 0.2) is 5.96 Å². The number of guanidine groups is 1. The van der Waals surface area contributed by atoms with Crippen molar-refractivity contribution in [1.82, 2.24) is 57.2 Å². The van der Waals surface area contributed by atoms with E-state index in [0.717, 1.165) is 11.1 Å². The van der Waals surface area contributed by atoms with Crippen LogP contribution in [0.1, 0.15) is 116 Å². The highest BCUT2D eigenvalue weighted by molar-refractivity contribution is 6.00. The summed E-state index contributed by atoms with van der Waals surface area (Å²) >= 11 is 0. The molecule has 0 unspecified atom stereocenters. The first-order valence-corrected chi connectivity index (χ1v) is 36.2. The first-order chi connectivity index (χ1) is 50.9. The fourth-order valence-corrected chi connectivity index (χ4v) is 13.3. The number of hydrogen-bond acceptors (Lipinski definition) is 17.